The van der Waals surface area contributed by atoms with E-state index in [1.165, 1.54) is 17.2 Å². The number of nitro benzene ring substituents is 1. The highest BCUT2D eigenvalue weighted by Gasteiger charge is 2.18. The highest BCUT2D eigenvalue weighted by atomic mass is 16.6. The van der Waals surface area contributed by atoms with Crippen LogP contribution in [0.25, 0.3) is 0 Å². The lowest BCUT2D eigenvalue weighted by molar-refractivity contribution is -0.918. The summed E-state index contributed by atoms with van der Waals surface area (Å²) < 4.78 is 0. The zero-order valence-electron chi connectivity index (χ0n) is 14.4. The van der Waals surface area contributed by atoms with Gasteiger partial charge in [-0.15, -0.1) is 0 Å². The largest absolute Gasteiger partial charge is 0.328 e. The molecule has 3 rings (SSSR count). The van der Waals surface area contributed by atoms with Crippen LogP contribution in [0.4, 0.5) is 5.69 Å². The van der Waals surface area contributed by atoms with Crippen LogP contribution < -0.4 is 4.90 Å². The predicted molar refractivity (Wildman–Crippen MR) is 97.8 cm³/mol. The van der Waals surface area contributed by atoms with Crippen LogP contribution in [0.3, 0.4) is 0 Å². The third-order valence-corrected chi connectivity index (χ3v) is 4.47. The third kappa shape index (κ3) is 4.87. The summed E-state index contributed by atoms with van der Waals surface area (Å²) >= 11 is 0. The van der Waals surface area contributed by atoms with Crippen LogP contribution in [0.2, 0.25) is 0 Å². The van der Waals surface area contributed by atoms with Gasteiger partial charge in [-0.2, -0.15) is 5.10 Å². The molecule has 1 aliphatic rings. The lowest BCUT2D eigenvalue weighted by Gasteiger charge is -2.30. The summed E-state index contributed by atoms with van der Waals surface area (Å²) in [5.41, 5.74) is 3.51. The van der Waals surface area contributed by atoms with Crippen molar-refractivity contribution in [2.24, 2.45) is 5.10 Å². The van der Waals surface area contributed by atoms with Gasteiger partial charge >= 0.3 is 0 Å². The van der Waals surface area contributed by atoms with E-state index in [-0.39, 0.29) is 10.6 Å². The zero-order chi connectivity index (χ0) is 17.6. The van der Waals surface area contributed by atoms with Gasteiger partial charge in [0.2, 0.25) is 0 Å². The first-order valence-corrected chi connectivity index (χ1v) is 8.53. The number of nitrogens with zero attached hydrogens (tertiary/aromatic N) is 3. The van der Waals surface area contributed by atoms with Crippen LogP contribution >= 0.6 is 0 Å². The predicted octanol–water partition coefficient (Wildman–Crippen LogP) is 1.64. The van der Waals surface area contributed by atoms with E-state index in [0.29, 0.717) is 0 Å². The van der Waals surface area contributed by atoms with Crippen molar-refractivity contribution in [3.63, 3.8) is 0 Å². The number of nitro groups is 1. The molecule has 1 saturated heterocycles. The number of non-ortho nitro benzene ring substituents is 1. The average molecular weight is 339 g/mol. The Kier molecular flexibility index (Phi) is 5.40. The molecule has 0 unspecified atom stereocenters. The smallest absolute Gasteiger partial charge is 0.270 e. The zero-order valence-corrected chi connectivity index (χ0v) is 14.4. The number of hydrogen-bond donors (Lipinski definition) is 1. The molecule has 2 aromatic carbocycles. The fourth-order valence-electron chi connectivity index (χ4n) is 2.96. The fourth-order valence-corrected chi connectivity index (χ4v) is 2.96. The molecular formula is C19H23N4O2+. The number of benzene rings is 2. The van der Waals surface area contributed by atoms with Crippen molar-refractivity contribution in [3.8, 4) is 0 Å². The van der Waals surface area contributed by atoms with E-state index in [0.717, 1.165) is 38.3 Å². The van der Waals surface area contributed by atoms with Crippen LogP contribution in [-0.2, 0) is 6.54 Å². The van der Waals surface area contributed by atoms with Gasteiger partial charge < -0.3 is 4.90 Å². The Balaban J connectivity index is 1.51. The number of quaternary nitrogens is 1. The third-order valence-electron chi connectivity index (χ3n) is 4.47. The van der Waals surface area contributed by atoms with Crippen molar-refractivity contribution in [1.82, 2.24) is 5.01 Å². The van der Waals surface area contributed by atoms with Crippen LogP contribution in [0, 0.1) is 17.0 Å². The monoisotopic (exact) mass is 339 g/mol. The molecule has 6 nitrogen and oxygen atoms in total. The van der Waals surface area contributed by atoms with Gasteiger partial charge in [-0.1, -0.05) is 42.0 Å². The lowest BCUT2D eigenvalue weighted by Crippen LogP contribution is -3.13. The highest BCUT2D eigenvalue weighted by Crippen LogP contribution is 2.11. The quantitative estimate of drug-likeness (QED) is 0.512. The second-order valence-electron chi connectivity index (χ2n) is 6.46. The van der Waals surface area contributed by atoms with Crippen LogP contribution in [0.1, 0.15) is 16.7 Å². The summed E-state index contributed by atoms with van der Waals surface area (Å²) in [5, 5.41) is 17.3. The molecule has 6 heteroatoms. The number of hydrazone groups is 1. The Morgan fingerprint density at radius 2 is 1.92 bits per heavy atom. The van der Waals surface area contributed by atoms with E-state index < -0.39 is 0 Å². The molecule has 0 saturated carbocycles. The number of nitrogens with one attached hydrogen (secondary N) is 1. The molecule has 2 aromatic rings. The number of hydrogen-bond acceptors (Lipinski definition) is 4. The van der Waals surface area contributed by atoms with Gasteiger partial charge in [0, 0.05) is 23.3 Å². The molecule has 0 aromatic heterocycles. The summed E-state index contributed by atoms with van der Waals surface area (Å²) in [6, 6.07) is 15.3. The Bertz CT molecular complexity index is 750. The molecule has 0 amide bonds. The summed E-state index contributed by atoms with van der Waals surface area (Å²) in [7, 11) is 0. The minimum absolute atomic E-state index is 0.0938. The first-order valence-electron chi connectivity index (χ1n) is 8.53. The SMILES string of the molecule is Cc1ccc(C[NH+]2CCN(/N=C/c3cccc([N+](=O)[O-])c3)CC2)cc1. The Labute approximate surface area is 147 Å². The van der Waals surface area contributed by atoms with Crippen molar-refractivity contribution < 1.29 is 9.82 Å². The maximum atomic E-state index is 10.8. The van der Waals surface area contributed by atoms with E-state index in [4.69, 9.17) is 0 Å². The first kappa shape index (κ1) is 17.1. The van der Waals surface area contributed by atoms with E-state index in [9.17, 15) is 10.1 Å². The maximum absolute atomic E-state index is 10.8. The van der Waals surface area contributed by atoms with Gasteiger partial charge in [-0.25, -0.2) is 0 Å². The molecule has 0 spiro atoms. The summed E-state index contributed by atoms with van der Waals surface area (Å²) in [5.74, 6) is 0. The molecule has 1 N–H and O–H groups in total. The minimum Gasteiger partial charge on any atom is -0.328 e. The molecule has 25 heavy (non-hydrogen) atoms. The summed E-state index contributed by atoms with van der Waals surface area (Å²) in [6.07, 6.45) is 1.71. The second-order valence-corrected chi connectivity index (χ2v) is 6.46. The van der Waals surface area contributed by atoms with Crippen molar-refractivity contribution in [2.75, 3.05) is 26.2 Å². The van der Waals surface area contributed by atoms with Crippen molar-refractivity contribution in [2.45, 2.75) is 13.5 Å². The number of rotatable bonds is 5. The van der Waals surface area contributed by atoms with Crippen molar-refractivity contribution in [3.05, 3.63) is 75.3 Å². The topological polar surface area (TPSA) is 63.2 Å². The van der Waals surface area contributed by atoms with E-state index in [1.807, 2.05) is 11.1 Å². The lowest BCUT2D eigenvalue weighted by atomic mass is 10.1. The Morgan fingerprint density at radius 1 is 1.20 bits per heavy atom. The fraction of sp³-hybridized carbons (Fsp3) is 0.316. The average Bonchev–Trinajstić information content (AvgIpc) is 2.63. The highest BCUT2D eigenvalue weighted by molar-refractivity contribution is 5.80. The Hall–Kier alpha value is -2.73. The van der Waals surface area contributed by atoms with E-state index in [1.54, 1.807) is 23.2 Å². The Morgan fingerprint density at radius 3 is 2.60 bits per heavy atom. The molecule has 1 fully saturated rings. The maximum Gasteiger partial charge on any atom is 0.270 e. The van der Waals surface area contributed by atoms with Crippen LogP contribution in [-0.4, -0.2) is 42.3 Å². The van der Waals surface area contributed by atoms with Gasteiger partial charge in [-0.05, 0) is 6.92 Å². The normalized spacial score (nSPS) is 15.6. The molecule has 0 atom stereocenters. The number of piperazine rings is 1. The molecular weight excluding hydrogens is 316 g/mol. The molecule has 0 bridgehead atoms. The number of aryl methyl sites for hydroxylation is 1. The van der Waals surface area contributed by atoms with Crippen molar-refractivity contribution >= 4 is 11.9 Å². The van der Waals surface area contributed by atoms with Gasteiger partial charge in [0.05, 0.1) is 37.3 Å². The van der Waals surface area contributed by atoms with E-state index >= 15 is 0 Å². The standard InChI is InChI=1S/C19H22N4O2/c1-16-5-7-17(8-6-16)15-21-9-11-22(12-10-21)20-14-18-3-2-4-19(13-18)23(24)25/h2-8,13-14H,9-12,15H2,1H3/p+1/b20-14+. The van der Waals surface area contributed by atoms with Crippen LogP contribution in [0.15, 0.2) is 53.6 Å². The van der Waals surface area contributed by atoms with E-state index in [2.05, 4.69) is 36.3 Å². The van der Waals surface area contributed by atoms with Crippen LogP contribution in [0.5, 0.6) is 0 Å². The summed E-state index contributed by atoms with van der Waals surface area (Å²) in [6.45, 7) is 7.02. The molecule has 0 aliphatic carbocycles. The molecule has 1 heterocycles. The van der Waals surface area contributed by atoms with Gasteiger partial charge in [0.15, 0.2) is 0 Å². The summed E-state index contributed by atoms with van der Waals surface area (Å²) in [4.78, 5) is 12.0. The van der Waals surface area contributed by atoms with Gasteiger partial charge in [0.25, 0.3) is 5.69 Å². The van der Waals surface area contributed by atoms with Gasteiger partial charge in [0.1, 0.15) is 6.54 Å². The molecule has 0 radical (unpaired) electrons. The minimum atomic E-state index is -0.384. The van der Waals surface area contributed by atoms with Gasteiger partial charge in [-0.3, -0.25) is 15.1 Å². The second kappa shape index (κ2) is 7.90. The van der Waals surface area contributed by atoms with Crippen molar-refractivity contribution in [1.29, 1.82) is 0 Å². The molecule has 1 aliphatic heterocycles. The molecule has 130 valence electrons. The first-order chi connectivity index (χ1) is 12.1.